The molecule has 1 aliphatic heterocycles. The van der Waals surface area contributed by atoms with Gasteiger partial charge < -0.3 is 5.32 Å². The minimum absolute atomic E-state index is 0.433. The molecule has 2 heteroatoms. The lowest BCUT2D eigenvalue weighted by atomic mass is 9.84. The second-order valence-electron chi connectivity index (χ2n) is 7.45. The summed E-state index contributed by atoms with van der Waals surface area (Å²) >= 11 is 2.00. The van der Waals surface area contributed by atoms with E-state index in [2.05, 4.69) is 81.5 Å². The molecule has 1 unspecified atom stereocenters. The Morgan fingerprint density at radius 1 is 0.750 bits per heavy atom. The van der Waals surface area contributed by atoms with E-state index in [0.717, 1.165) is 5.88 Å². The van der Waals surface area contributed by atoms with Gasteiger partial charge >= 0.3 is 0 Å². The Labute approximate surface area is 151 Å². The van der Waals surface area contributed by atoms with Crippen molar-refractivity contribution < 1.29 is 0 Å². The van der Waals surface area contributed by atoms with Crippen molar-refractivity contribution in [2.45, 2.75) is 51.5 Å². The summed E-state index contributed by atoms with van der Waals surface area (Å²) in [5, 5.41) is 3.69. The molecule has 2 aromatic carbocycles. The summed E-state index contributed by atoms with van der Waals surface area (Å²) in [6.07, 6.45) is 0. The minimum atomic E-state index is 0.433. The molecular formula is C22H29NS. The molecule has 0 bridgehead atoms. The van der Waals surface area contributed by atoms with Gasteiger partial charge in [0.05, 0.1) is 0 Å². The molecule has 0 aromatic heterocycles. The van der Waals surface area contributed by atoms with Crippen LogP contribution in [0.4, 0.5) is 0 Å². The number of nitrogens with one attached hydrogen (secondary N) is 1. The van der Waals surface area contributed by atoms with Crippen molar-refractivity contribution in [3.05, 3.63) is 70.8 Å². The first-order valence-electron chi connectivity index (χ1n) is 9.07. The predicted molar refractivity (Wildman–Crippen MR) is 107 cm³/mol. The number of thioether (sulfide) groups is 1. The molecule has 0 amide bonds. The van der Waals surface area contributed by atoms with Gasteiger partial charge in [0.2, 0.25) is 0 Å². The molecule has 0 radical (unpaired) electrons. The molecule has 3 rings (SSSR count). The van der Waals surface area contributed by atoms with Gasteiger partial charge in [-0.05, 0) is 34.1 Å². The van der Waals surface area contributed by atoms with Gasteiger partial charge in [-0.1, -0.05) is 76.2 Å². The Hall–Kier alpha value is -1.25. The molecule has 2 aromatic rings. The van der Waals surface area contributed by atoms with E-state index >= 15 is 0 Å². The monoisotopic (exact) mass is 339 g/mol. The Kier molecular flexibility index (Phi) is 5.68. The fraction of sp³-hybridized carbons (Fsp3) is 0.455. The van der Waals surface area contributed by atoms with Crippen LogP contribution in [0.1, 0.15) is 67.7 Å². The van der Waals surface area contributed by atoms with Gasteiger partial charge in [0, 0.05) is 23.6 Å². The maximum atomic E-state index is 3.69. The molecule has 0 aliphatic carbocycles. The number of rotatable bonds is 5. The Morgan fingerprint density at radius 3 is 1.50 bits per heavy atom. The first kappa shape index (κ1) is 17.6. The quantitative estimate of drug-likeness (QED) is 0.747. The van der Waals surface area contributed by atoms with E-state index in [1.54, 1.807) is 0 Å². The van der Waals surface area contributed by atoms with Crippen molar-refractivity contribution in [3.8, 4) is 0 Å². The second-order valence-corrected chi connectivity index (χ2v) is 8.48. The van der Waals surface area contributed by atoms with Crippen LogP contribution >= 0.6 is 11.8 Å². The molecule has 0 saturated carbocycles. The van der Waals surface area contributed by atoms with E-state index in [1.807, 2.05) is 11.8 Å². The summed E-state index contributed by atoms with van der Waals surface area (Å²) in [5.74, 6) is 3.85. The molecule has 1 heterocycles. The van der Waals surface area contributed by atoms with Gasteiger partial charge in [0.1, 0.15) is 0 Å². The van der Waals surface area contributed by atoms with Crippen molar-refractivity contribution in [2.24, 2.45) is 0 Å². The van der Waals surface area contributed by atoms with Gasteiger partial charge in [-0.25, -0.2) is 0 Å². The standard InChI is InChI=1S/C22H29NS/c1-15(2)17-5-9-19(10-6-17)22(21-13-24-14-23-21)20-11-7-18(8-12-20)16(3)4/h5-12,15-16,21-23H,13-14H2,1-4H3. The zero-order chi connectivity index (χ0) is 17.1. The van der Waals surface area contributed by atoms with Crippen LogP contribution < -0.4 is 5.32 Å². The normalized spacial score (nSPS) is 18.0. The average Bonchev–Trinajstić information content (AvgIpc) is 3.10. The molecule has 128 valence electrons. The lowest BCUT2D eigenvalue weighted by Gasteiger charge is -2.25. The van der Waals surface area contributed by atoms with Crippen LogP contribution in [0.3, 0.4) is 0 Å². The number of hydrogen-bond donors (Lipinski definition) is 1. The topological polar surface area (TPSA) is 12.0 Å². The maximum absolute atomic E-state index is 3.69. The fourth-order valence-electron chi connectivity index (χ4n) is 3.46. The Balaban J connectivity index is 1.93. The highest BCUT2D eigenvalue weighted by Crippen LogP contribution is 2.33. The first-order chi connectivity index (χ1) is 11.6. The maximum Gasteiger partial charge on any atom is 0.0421 e. The molecule has 1 atom stereocenters. The lowest BCUT2D eigenvalue weighted by molar-refractivity contribution is 0.565. The zero-order valence-corrected chi connectivity index (χ0v) is 16.1. The van der Waals surface area contributed by atoms with Crippen molar-refractivity contribution in [1.82, 2.24) is 5.32 Å². The van der Waals surface area contributed by atoms with E-state index < -0.39 is 0 Å². The van der Waals surface area contributed by atoms with Crippen LogP contribution in [0.5, 0.6) is 0 Å². The average molecular weight is 340 g/mol. The van der Waals surface area contributed by atoms with Crippen LogP contribution in [-0.2, 0) is 0 Å². The highest BCUT2D eigenvalue weighted by Gasteiger charge is 2.27. The van der Waals surface area contributed by atoms with Crippen molar-refractivity contribution in [1.29, 1.82) is 0 Å². The molecule has 1 aliphatic rings. The van der Waals surface area contributed by atoms with Gasteiger partial charge in [-0.15, -0.1) is 11.8 Å². The molecule has 24 heavy (non-hydrogen) atoms. The first-order valence-corrected chi connectivity index (χ1v) is 10.2. The summed E-state index contributed by atoms with van der Waals surface area (Å²) in [5.41, 5.74) is 5.69. The Morgan fingerprint density at radius 2 is 1.17 bits per heavy atom. The second kappa shape index (κ2) is 7.76. The molecule has 0 spiro atoms. The number of hydrogen-bond acceptors (Lipinski definition) is 2. The fourth-order valence-corrected chi connectivity index (χ4v) is 4.47. The zero-order valence-electron chi connectivity index (χ0n) is 15.3. The minimum Gasteiger partial charge on any atom is -0.303 e. The van der Waals surface area contributed by atoms with Gasteiger partial charge in [0.15, 0.2) is 0 Å². The predicted octanol–water partition coefficient (Wildman–Crippen LogP) is 5.73. The van der Waals surface area contributed by atoms with E-state index in [9.17, 15) is 0 Å². The SMILES string of the molecule is CC(C)c1ccc(C(c2ccc(C(C)C)cc2)C2CSCN2)cc1. The van der Waals surface area contributed by atoms with Gasteiger partial charge in [-0.2, -0.15) is 0 Å². The summed E-state index contributed by atoms with van der Waals surface area (Å²) in [4.78, 5) is 0. The third-order valence-electron chi connectivity index (χ3n) is 5.07. The largest absolute Gasteiger partial charge is 0.303 e. The van der Waals surface area contributed by atoms with Gasteiger partial charge in [-0.3, -0.25) is 0 Å². The Bertz CT molecular complexity index is 585. The summed E-state index contributed by atoms with van der Waals surface area (Å²) in [6, 6.07) is 19.1. The molecule has 1 N–H and O–H groups in total. The molecular weight excluding hydrogens is 310 g/mol. The van der Waals surface area contributed by atoms with E-state index in [-0.39, 0.29) is 0 Å². The summed E-state index contributed by atoms with van der Waals surface area (Å²) in [7, 11) is 0. The highest BCUT2D eigenvalue weighted by molar-refractivity contribution is 7.99. The summed E-state index contributed by atoms with van der Waals surface area (Å²) < 4.78 is 0. The molecule has 1 saturated heterocycles. The van der Waals surface area contributed by atoms with Crippen molar-refractivity contribution in [3.63, 3.8) is 0 Å². The lowest BCUT2D eigenvalue weighted by Crippen LogP contribution is -2.31. The molecule has 1 nitrogen and oxygen atoms in total. The van der Waals surface area contributed by atoms with Crippen LogP contribution in [0.2, 0.25) is 0 Å². The van der Waals surface area contributed by atoms with E-state index in [1.165, 1.54) is 28.0 Å². The van der Waals surface area contributed by atoms with E-state index in [4.69, 9.17) is 0 Å². The third kappa shape index (κ3) is 3.87. The smallest absolute Gasteiger partial charge is 0.0421 e. The van der Waals surface area contributed by atoms with Crippen LogP contribution in [0.25, 0.3) is 0 Å². The van der Waals surface area contributed by atoms with Crippen molar-refractivity contribution >= 4 is 11.8 Å². The van der Waals surface area contributed by atoms with Crippen LogP contribution in [0, 0.1) is 0 Å². The number of benzene rings is 2. The van der Waals surface area contributed by atoms with E-state index in [0.29, 0.717) is 23.8 Å². The van der Waals surface area contributed by atoms with Crippen molar-refractivity contribution in [2.75, 3.05) is 11.6 Å². The van der Waals surface area contributed by atoms with Crippen LogP contribution in [-0.4, -0.2) is 17.7 Å². The van der Waals surface area contributed by atoms with Gasteiger partial charge in [0.25, 0.3) is 0 Å². The summed E-state index contributed by atoms with van der Waals surface area (Å²) in [6.45, 7) is 9.02. The molecule has 1 fully saturated rings. The van der Waals surface area contributed by atoms with Crippen LogP contribution in [0.15, 0.2) is 48.5 Å². The third-order valence-corrected chi connectivity index (χ3v) is 6.04. The highest BCUT2D eigenvalue weighted by atomic mass is 32.2.